The van der Waals surface area contributed by atoms with Gasteiger partial charge in [-0.15, -0.1) is 0 Å². The third-order valence-electron chi connectivity index (χ3n) is 4.14. The SMILES string of the molecule is COC(=O)c1cccc(Cn2c[n+](CCC#N)cc2-c2ccccc2)c1. The standard InChI is InChI=1S/C21H20N3O2/c1-26-21(25)19-10-5-7-17(13-19)14-24-16-23(12-6-11-22)15-20(24)18-8-3-2-4-9-18/h2-5,7-10,13,15-16H,6,12,14H2,1H3/q+1. The highest BCUT2D eigenvalue weighted by atomic mass is 16.5. The molecule has 0 saturated heterocycles. The average Bonchev–Trinajstić information content (AvgIpc) is 3.09. The van der Waals surface area contributed by atoms with E-state index in [4.69, 9.17) is 10.00 Å². The monoisotopic (exact) mass is 346 g/mol. The Balaban J connectivity index is 1.95. The fourth-order valence-electron chi connectivity index (χ4n) is 2.89. The summed E-state index contributed by atoms with van der Waals surface area (Å²) in [6.45, 7) is 1.26. The predicted octanol–water partition coefficient (Wildman–Crippen LogP) is 3.19. The summed E-state index contributed by atoms with van der Waals surface area (Å²) in [5.74, 6) is -0.341. The van der Waals surface area contributed by atoms with E-state index in [1.807, 2.05) is 47.3 Å². The predicted molar refractivity (Wildman–Crippen MR) is 97.2 cm³/mol. The highest BCUT2D eigenvalue weighted by molar-refractivity contribution is 5.89. The van der Waals surface area contributed by atoms with E-state index in [-0.39, 0.29) is 5.97 Å². The molecule has 1 heterocycles. The fourth-order valence-corrected chi connectivity index (χ4v) is 2.89. The van der Waals surface area contributed by atoms with Crippen LogP contribution < -0.4 is 4.57 Å². The topological polar surface area (TPSA) is 58.9 Å². The van der Waals surface area contributed by atoms with E-state index in [1.54, 1.807) is 6.07 Å². The molecule has 0 amide bonds. The summed E-state index contributed by atoms with van der Waals surface area (Å²) >= 11 is 0. The van der Waals surface area contributed by atoms with Crippen LogP contribution in [-0.4, -0.2) is 17.6 Å². The summed E-state index contributed by atoms with van der Waals surface area (Å²) in [5, 5.41) is 8.85. The van der Waals surface area contributed by atoms with Crippen molar-refractivity contribution in [3.63, 3.8) is 0 Å². The van der Waals surface area contributed by atoms with Crippen molar-refractivity contribution >= 4 is 5.97 Å². The number of hydrogen-bond donors (Lipinski definition) is 0. The highest BCUT2D eigenvalue weighted by Crippen LogP contribution is 2.19. The van der Waals surface area contributed by atoms with Gasteiger partial charge in [0.05, 0.1) is 25.2 Å². The van der Waals surface area contributed by atoms with E-state index in [0.717, 1.165) is 16.8 Å². The molecular formula is C21H20N3O2+. The number of aromatic nitrogens is 2. The van der Waals surface area contributed by atoms with Gasteiger partial charge in [-0.1, -0.05) is 42.5 Å². The molecule has 3 aromatic rings. The Morgan fingerprint density at radius 2 is 2.00 bits per heavy atom. The highest BCUT2D eigenvalue weighted by Gasteiger charge is 2.16. The second kappa shape index (κ2) is 8.13. The van der Waals surface area contributed by atoms with Crippen molar-refractivity contribution < 1.29 is 14.1 Å². The van der Waals surface area contributed by atoms with E-state index >= 15 is 0 Å². The number of rotatable bonds is 6. The van der Waals surface area contributed by atoms with Crippen LogP contribution >= 0.6 is 0 Å². The molecule has 26 heavy (non-hydrogen) atoms. The number of imidazole rings is 1. The molecule has 0 saturated carbocycles. The van der Waals surface area contributed by atoms with E-state index < -0.39 is 0 Å². The largest absolute Gasteiger partial charge is 0.465 e. The molecule has 1 aromatic heterocycles. The van der Waals surface area contributed by atoms with Crippen molar-refractivity contribution in [1.82, 2.24) is 4.57 Å². The quantitative estimate of drug-likeness (QED) is 0.509. The van der Waals surface area contributed by atoms with Crippen molar-refractivity contribution in [3.8, 4) is 17.3 Å². The molecule has 0 N–H and O–H groups in total. The molecule has 5 heteroatoms. The maximum atomic E-state index is 11.8. The minimum Gasteiger partial charge on any atom is -0.465 e. The first kappa shape index (κ1) is 17.4. The number of nitriles is 1. The molecule has 0 aliphatic rings. The van der Waals surface area contributed by atoms with Crippen LogP contribution in [0.2, 0.25) is 0 Å². The van der Waals surface area contributed by atoms with E-state index in [0.29, 0.717) is 25.1 Å². The number of carbonyl (C=O) groups is 1. The Bertz CT molecular complexity index is 939. The van der Waals surface area contributed by atoms with Gasteiger partial charge in [0.2, 0.25) is 6.33 Å². The Morgan fingerprint density at radius 3 is 2.73 bits per heavy atom. The Morgan fingerprint density at radius 1 is 1.19 bits per heavy atom. The Kier molecular flexibility index (Phi) is 5.45. The van der Waals surface area contributed by atoms with Crippen molar-refractivity contribution in [2.75, 3.05) is 7.11 Å². The number of hydrogen-bond acceptors (Lipinski definition) is 3. The van der Waals surface area contributed by atoms with Crippen LogP contribution in [-0.2, 0) is 17.8 Å². The molecule has 0 aliphatic carbocycles. The van der Waals surface area contributed by atoms with Crippen LogP contribution in [0.1, 0.15) is 22.3 Å². The molecule has 0 radical (unpaired) electrons. The molecule has 0 bridgehead atoms. The summed E-state index contributed by atoms with van der Waals surface area (Å²) in [6, 6.07) is 19.7. The number of methoxy groups -OCH3 is 1. The van der Waals surface area contributed by atoms with Gasteiger partial charge in [-0.3, -0.25) is 0 Å². The van der Waals surface area contributed by atoms with Gasteiger partial charge in [0.1, 0.15) is 19.3 Å². The number of carbonyl (C=O) groups excluding carboxylic acids is 1. The molecule has 130 valence electrons. The van der Waals surface area contributed by atoms with E-state index in [2.05, 4.69) is 29.0 Å². The second-order valence-corrected chi connectivity index (χ2v) is 5.96. The van der Waals surface area contributed by atoms with Crippen LogP contribution in [0.4, 0.5) is 0 Å². The van der Waals surface area contributed by atoms with Crippen molar-refractivity contribution in [2.24, 2.45) is 0 Å². The molecule has 0 spiro atoms. The lowest BCUT2D eigenvalue weighted by molar-refractivity contribution is -0.695. The molecule has 5 nitrogen and oxygen atoms in total. The lowest BCUT2D eigenvalue weighted by atomic mass is 10.1. The van der Waals surface area contributed by atoms with Gasteiger partial charge in [0, 0.05) is 5.56 Å². The number of benzene rings is 2. The molecule has 0 aliphatic heterocycles. The average molecular weight is 346 g/mol. The van der Waals surface area contributed by atoms with Gasteiger partial charge in [-0.2, -0.15) is 5.26 Å². The second-order valence-electron chi connectivity index (χ2n) is 5.96. The zero-order valence-electron chi connectivity index (χ0n) is 14.6. The maximum Gasteiger partial charge on any atom is 0.337 e. The summed E-state index contributed by atoms with van der Waals surface area (Å²) in [7, 11) is 1.38. The molecule has 0 fully saturated rings. The Labute approximate surface area is 152 Å². The first-order valence-electron chi connectivity index (χ1n) is 8.40. The third-order valence-corrected chi connectivity index (χ3v) is 4.14. The lowest BCUT2D eigenvalue weighted by Crippen LogP contribution is -2.30. The van der Waals surface area contributed by atoms with Gasteiger partial charge < -0.3 is 4.74 Å². The number of nitrogens with zero attached hydrogens (tertiary/aromatic N) is 3. The zero-order valence-corrected chi connectivity index (χ0v) is 14.6. The lowest BCUT2D eigenvalue weighted by Gasteiger charge is -2.04. The minimum absolute atomic E-state index is 0.341. The van der Waals surface area contributed by atoms with Gasteiger partial charge >= 0.3 is 5.97 Å². The normalized spacial score (nSPS) is 10.3. The zero-order chi connectivity index (χ0) is 18.4. The minimum atomic E-state index is -0.341. The third kappa shape index (κ3) is 3.98. The first-order valence-corrected chi connectivity index (χ1v) is 8.40. The van der Waals surface area contributed by atoms with E-state index in [1.165, 1.54) is 7.11 Å². The summed E-state index contributed by atoms with van der Waals surface area (Å²) in [6.07, 6.45) is 4.52. The van der Waals surface area contributed by atoms with Crippen LogP contribution in [0, 0.1) is 11.3 Å². The molecule has 3 rings (SSSR count). The van der Waals surface area contributed by atoms with Crippen molar-refractivity contribution in [2.45, 2.75) is 19.5 Å². The summed E-state index contributed by atoms with van der Waals surface area (Å²) < 4.78 is 8.95. The Hall–Kier alpha value is -3.39. The van der Waals surface area contributed by atoms with Gasteiger partial charge in [0.25, 0.3) is 0 Å². The van der Waals surface area contributed by atoms with Crippen molar-refractivity contribution in [3.05, 3.63) is 78.2 Å². The van der Waals surface area contributed by atoms with E-state index in [9.17, 15) is 4.79 Å². The first-order chi connectivity index (χ1) is 12.7. The maximum absolute atomic E-state index is 11.8. The van der Waals surface area contributed by atoms with Gasteiger partial charge in [-0.05, 0) is 17.7 Å². The molecule has 0 atom stereocenters. The summed E-state index contributed by atoms with van der Waals surface area (Å²) in [5.41, 5.74) is 3.71. The number of aryl methyl sites for hydroxylation is 1. The molecule has 2 aromatic carbocycles. The van der Waals surface area contributed by atoms with Crippen LogP contribution in [0.3, 0.4) is 0 Å². The fraction of sp³-hybridized carbons (Fsp3) is 0.190. The molecule has 0 unspecified atom stereocenters. The van der Waals surface area contributed by atoms with Gasteiger partial charge in [0.15, 0.2) is 5.69 Å². The van der Waals surface area contributed by atoms with Crippen LogP contribution in [0.5, 0.6) is 0 Å². The molecular weight excluding hydrogens is 326 g/mol. The van der Waals surface area contributed by atoms with Crippen LogP contribution in [0.15, 0.2) is 67.1 Å². The van der Waals surface area contributed by atoms with Crippen molar-refractivity contribution in [1.29, 1.82) is 5.26 Å². The smallest absolute Gasteiger partial charge is 0.337 e. The number of esters is 1. The van der Waals surface area contributed by atoms with Gasteiger partial charge in [-0.25, -0.2) is 13.9 Å². The summed E-state index contributed by atoms with van der Waals surface area (Å²) in [4.78, 5) is 11.8. The van der Waals surface area contributed by atoms with Crippen LogP contribution in [0.25, 0.3) is 11.3 Å². The number of ether oxygens (including phenoxy) is 1.